The van der Waals surface area contributed by atoms with Gasteiger partial charge in [0.2, 0.25) is 0 Å². The standard InChI is InChI=1S/C14H33N3O7S2/c1-15(2)12-14(18)13-17(4,9-11-26(22,23)24)8-5-6-16(3)7-10-25(19,20)21/h14,18H,5-13H2,1-4H3,(H-,19,20,21,22,23,24). The molecule has 2 N–H and O–H groups in total. The summed E-state index contributed by atoms with van der Waals surface area (Å²) in [5.74, 6) is -0.969. The Labute approximate surface area is 157 Å². The van der Waals surface area contributed by atoms with Gasteiger partial charge in [0.15, 0.2) is 6.10 Å². The molecule has 10 nitrogen and oxygen atoms in total. The molecule has 0 aromatic carbocycles. The zero-order valence-electron chi connectivity index (χ0n) is 16.0. The molecule has 0 aromatic rings. The van der Waals surface area contributed by atoms with Crippen molar-refractivity contribution in [1.29, 1.82) is 0 Å². The molecule has 2 unspecified atom stereocenters. The zero-order valence-corrected chi connectivity index (χ0v) is 17.7. The third-order valence-corrected chi connectivity index (χ3v) is 5.50. The van der Waals surface area contributed by atoms with Crippen molar-refractivity contribution in [2.24, 2.45) is 0 Å². The highest BCUT2D eigenvalue weighted by Crippen LogP contribution is 2.08. The highest BCUT2D eigenvalue weighted by Gasteiger charge is 2.27. The van der Waals surface area contributed by atoms with Crippen LogP contribution in [0.2, 0.25) is 0 Å². The molecule has 0 aromatic heterocycles. The Kier molecular flexibility index (Phi) is 10.7. The summed E-state index contributed by atoms with van der Waals surface area (Å²) in [4.78, 5) is 2.77. The molecule has 0 aliphatic carbocycles. The van der Waals surface area contributed by atoms with Crippen molar-refractivity contribution >= 4 is 20.2 Å². The second kappa shape index (κ2) is 10.9. The molecular formula is C14H33N3O7S2. The van der Waals surface area contributed by atoms with Crippen molar-refractivity contribution < 1.29 is 40.4 Å². The van der Waals surface area contributed by atoms with Crippen molar-refractivity contribution in [2.45, 2.75) is 12.5 Å². The minimum absolute atomic E-state index is 0.101. The van der Waals surface area contributed by atoms with Gasteiger partial charge in [-0.25, -0.2) is 16.8 Å². The van der Waals surface area contributed by atoms with Gasteiger partial charge in [-0.1, -0.05) is 0 Å². The van der Waals surface area contributed by atoms with E-state index in [4.69, 9.17) is 0 Å². The molecule has 0 amide bonds. The summed E-state index contributed by atoms with van der Waals surface area (Å²) in [6, 6.07) is 0. The van der Waals surface area contributed by atoms with Crippen LogP contribution in [0, 0.1) is 0 Å². The Morgan fingerprint density at radius 1 is 1.04 bits per heavy atom. The van der Waals surface area contributed by atoms with Crippen LogP contribution >= 0.6 is 0 Å². The highest BCUT2D eigenvalue weighted by molar-refractivity contribution is 7.85. The van der Waals surface area contributed by atoms with E-state index in [0.717, 1.165) is 4.90 Å². The molecule has 0 rings (SSSR count). The van der Waals surface area contributed by atoms with Crippen LogP contribution in [-0.4, -0.2) is 125 Å². The van der Waals surface area contributed by atoms with Crippen molar-refractivity contribution in [1.82, 2.24) is 4.90 Å². The van der Waals surface area contributed by atoms with E-state index >= 15 is 0 Å². The fourth-order valence-corrected chi connectivity index (χ4v) is 3.97. The molecule has 0 heterocycles. The average Bonchev–Trinajstić information content (AvgIpc) is 2.40. The molecule has 0 aliphatic heterocycles. The number of nitrogens with zero attached hydrogens (tertiary/aromatic N) is 2. The quantitative estimate of drug-likeness (QED) is 0.217. The average molecular weight is 420 g/mol. The summed E-state index contributed by atoms with van der Waals surface area (Å²) >= 11 is 0. The zero-order chi connectivity index (χ0) is 20.6. The van der Waals surface area contributed by atoms with E-state index < -0.39 is 37.8 Å². The van der Waals surface area contributed by atoms with E-state index in [9.17, 15) is 31.0 Å². The van der Waals surface area contributed by atoms with Crippen molar-refractivity contribution in [3.05, 3.63) is 0 Å². The minimum Gasteiger partial charge on any atom is -0.748 e. The molecule has 2 atom stereocenters. The summed E-state index contributed by atoms with van der Waals surface area (Å²) in [7, 11) is -1.32. The molecule has 0 spiro atoms. The lowest BCUT2D eigenvalue weighted by Crippen LogP contribution is -3.07. The van der Waals surface area contributed by atoms with E-state index in [1.807, 2.05) is 14.1 Å². The third-order valence-electron chi connectivity index (χ3n) is 4.14. The third kappa shape index (κ3) is 14.8. The van der Waals surface area contributed by atoms with Crippen LogP contribution in [-0.2, 0) is 20.2 Å². The van der Waals surface area contributed by atoms with Crippen LogP contribution in [0.1, 0.15) is 6.42 Å². The number of nitrogens with one attached hydrogen (secondary N) is 1. The fraction of sp³-hybridized carbons (Fsp3) is 1.00. The predicted octanol–water partition coefficient (Wildman–Crippen LogP) is -3.65. The first-order valence-electron chi connectivity index (χ1n) is 8.48. The first-order valence-corrected chi connectivity index (χ1v) is 11.6. The molecule has 26 heavy (non-hydrogen) atoms. The van der Waals surface area contributed by atoms with Gasteiger partial charge in [0.05, 0.1) is 55.9 Å². The molecular weight excluding hydrogens is 386 g/mol. The van der Waals surface area contributed by atoms with E-state index in [0.29, 0.717) is 32.6 Å². The predicted molar refractivity (Wildman–Crippen MR) is 95.7 cm³/mol. The Balaban J connectivity index is 4.69. The first-order chi connectivity index (χ1) is 11.6. The Morgan fingerprint density at radius 3 is 2.04 bits per heavy atom. The van der Waals surface area contributed by atoms with Crippen molar-refractivity contribution in [3.8, 4) is 0 Å². The number of quaternary nitrogens is 2. The number of rotatable bonds is 14. The summed E-state index contributed by atoms with van der Waals surface area (Å²) < 4.78 is 65.1. The molecule has 158 valence electrons. The smallest absolute Gasteiger partial charge is 0.152 e. The summed E-state index contributed by atoms with van der Waals surface area (Å²) in [5.41, 5.74) is 0. The number of likely N-dealkylation sites (N-methyl/N-ethyl adjacent to an activating group) is 2. The van der Waals surface area contributed by atoms with Crippen LogP contribution in [0.15, 0.2) is 0 Å². The lowest BCUT2D eigenvalue weighted by molar-refractivity contribution is -0.918. The fourth-order valence-electron chi connectivity index (χ4n) is 2.77. The van der Waals surface area contributed by atoms with Crippen LogP contribution in [0.4, 0.5) is 0 Å². The van der Waals surface area contributed by atoms with Gasteiger partial charge in [-0.05, 0) is 7.05 Å². The summed E-state index contributed by atoms with van der Waals surface area (Å²) in [5, 5.41) is 10.2. The van der Waals surface area contributed by atoms with Gasteiger partial charge in [0, 0.05) is 19.5 Å². The SMILES string of the molecule is CN(CCC[N+](C)(CCS(=O)(=O)[O-])CC(O)C[NH+](C)C)CCS(=O)(=O)[O-]. The largest absolute Gasteiger partial charge is 0.748 e. The van der Waals surface area contributed by atoms with E-state index in [1.54, 1.807) is 19.0 Å². The van der Waals surface area contributed by atoms with Crippen LogP contribution < -0.4 is 4.90 Å². The van der Waals surface area contributed by atoms with Crippen LogP contribution in [0.5, 0.6) is 0 Å². The van der Waals surface area contributed by atoms with E-state index in [2.05, 4.69) is 0 Å². The number of aliphatic hydroxyl groups excluding tert-OH is 1. The molecule has 0 aliphatic rings. The number of hydrogen-bond acceptors (Lipinski definition) is 8. The Hall–Kier alpha value is -0.340. The number of aliphatic hydroxyl groups is 1. The highest BCUT2D eigenvalue weighted by atomic mass is 32.2. The minimum atomic E-state index is -4.35. The van der Waals surface area contributed by atoms with E-state index in [-0.39, 0.29) is 17.6 Å². The van der Waals surface area contributed by atoms with Gasteiger partial charge in [-0.3, -0.25) is 0 Å². The lowest BCUT2D eigenvalue weighted by Gasteiger charge is -2.37. The Morgan fingerprint density at radius 2 is 1.58 bits per heavy atom. The maximum Gasteiger partial charge on any atom is 0.152 e. The van der Waals surface area contributed by atoms with Crippen molar-refractivity contribution in [2.75, 3.05) is 79.0 Å². The number of hydrogen-bond donors (Lipinski definition) is 2. The van der Waals surface area contributed by atoms with Crippen LogP contribution in [0.25, 0.3) is 0 Å². The van der Waals surface area contributed by atoms with E-state index in [1.165, 1.54) is 0 Å². The molecule has 0 radical (unpaired) electrons. The second-order valence-electron chi connectivity index (χ2n) is 7.49. The van der Waals surface area contributed by atoms with Gasteiger partial charge in [-0.15, -0.1) is 0 Å². The second-order valence-corrected chi connectivity index (χ2v) is 10.5. The van der Waals surface area contributed by atoms with Gasteiger partial charge in [0.25, 0.3) is 0 Å². The van der Waals surface area contributed by atoms with Gasteiger partial charge >= 0.3 is 0 Å². The Bertz CT molecular complexity index is 610. The van der Waals surface area contributed by atoms with Gasteiger partial charge in [0.1, 0.15) is 23.2 Å². The van der Waals surface area contributed by atoms with Gasteiger partial charge < -0.3 is 28.5 Å². The lowest BCUT2D eigenvalue weighted by atomic mass is 10.2. The monoisotopic (exact) mass is 419 g/mol. The first kappa shape index (κ1) is 25.7. The normalized spacial score (nSPS) is 16.8. The van der Waals surface area contributed by atoms with Crippen molar-refractivity contribution in [3.63, 3.8) is 0 Å². The molecule has 0 fully saturated rings. The topological polar surface area (TPSA) is 142 Å². The molecule has 0 saturated carbocycles. The molecule has 0 saturated heterocycles. The summed E-state index contributed by atoms with van der Waals surface area (Å²) in [6.45, 7) is 2.08. The van der Waals surface area contributed by atoms with Crippen LogP contribution in [0.3, 0.4) is 0 Å². The molecule has 0 bridgehead atoms. The molecule has 12 heteroatoms. The van der Waals surface area contributed by atoms with Gasteiger partial charge in [-0.2, -0.15) is 0 Å². The maximum atomic E-state index is 11.0. The summed E-state index contributed by atoms with van der Waals surface area (Å²) in [6.07, 6.45) is -0.0329. The maximum absolute atomic E-state index is 11.0.